The van der Waals surface area contributed by atoms with Gasteiger partial charge in [-0.1, -0.05) is 35.2 Å². The molecule has 0 radical (unpaired) electrons. The van der Waals surface area contributed by atoms with Crippen LogP contribution in [0.25, 0.3) is 0 Å². The maximum Gasteiger partial charge on any atom is 0.244 e. The van der Waals surface area contributed by atoms with Gasteiger partial charge in [0.25, 0.3) is 0 Å². The van der Waals surface area contributed by atoms with E-state index in [0.717, 1.165) is 0 Å². The zero-order valence-corrected chi connectivity index (χ0v) is 8.58. The summed E-state index contributed by atoms with van der Waals surface area (Å²) in [6.07, 6.45) is 0. The van der Waals surface area contributed by atoms with E-state index in [-0.39, 0.29) is 0 Å². The van der Waals surface area contributed by atoms with Crippen LogP contribution in [-0.2, 0) is 0 Å². The molecule has 4 heteroatoms. The summed E-state index contributed by atoms with van der Waals surface area (Å²) >= 11 is 0. The number of para-hydroxylation sites is 2. The number of hydrogen-bond acceptors (Lipinski definition) is 3. The van der Waals surface area contributed by atoms with E-state index in [9.17, 15) is 5.21 Å². The highest BCUT2D eigenvalue weighted by Crippen LogP contribution is 2.22. The number of anilines is 1. The normalized spacial score (nSPS) is 11.4. The van der Waals surface area contributed by atoms with E-state index >= 15 is 0 Å². The van der Waals surface area contributed by atoms with Crippen molar-refractivity contribution in [2.45, 2.75) is 0 Å². The first-order valence-corrected chi connectivity index (χ1v) is 4.86. The molecule has 2 aromatic carbocycles. The minimum atomic E-state index is 0.473. The van der Waals surface area contributed by atoms with Crippen molar-refractivity contribution < 1.29 is 4.86 Å². The summed E-state index contributed by atoms with van der Waals surface area (Å²) in [7, 11) is 0. The van der Waals surface area contributed by atoms with Gasteiger partial charge in [0.1, 0.15) is 0 Å². The van der Waals surface area contributed by atoms with Gasteiger partial charge in [0.05, 0.1) is 5.69 Å². The highest BCUT2D eigenvalue weighted by atomic mass is 16.5. The molecule has 0 unspecified atom stereocenters. The van der Waals surface area contributed by atoms with Gasteiger partial charge in [0.15, 0.2) is 5.69 Å². The second-order valence-electron chi connectivity index (χ2n) is 3.27. The minimum Gasteiger partial charge on any atom is -0.594 e. The fraction of sp³-hybridized carbons (Fsp3) is 0. The van der Waals surface area contributed by atoms with Crippen molar-refractivity contribution in [1.29, 1.82) is 0 Å². The lowest BCUT2D eigenvalue weighted by Gasteiger charge is -2.00. The van der Waals surface area contributed by atoms with Gasteiger partial charge in [-0.2, -0.15) is 0 Å². The lowest BCUT2D eigenvalue weighted by atomic mass is 10.3. The van der Waals surface area contributed by atoms with E-state index in [1.54, 1.807) is 48.5 Å². The summed E-state index contributed by atoms with van der Waals surface area (Å²) in [6.45, 7) is 0. The van der Waals surface area contributed by atoms with Gasteiger partial charge in [-0.25, -0.2) is 0 Å². The van der Waals surface area contributed by atoms with Crippen LogP contribution < -0.4 is 5.73 Å². The molecule has 0 aliphatic rings. The number of hydrogen-bond donors (Lipinski definition) is 1. The van der Waals surface area contributed by atoms with Crippen molar-refractivity contribution in [2.24, 2.45) is 5.11 Å². The van der Waals surface area contributed by atoms with E-state index in [4.69, 9.17) is 5.73 Å². The van der Waals surface area contributed by atoms with Crippen LogP contribution in [0.15, 0.2) is 59.7 Å². The average Bonchev–Trinajstić information content (AvgIpc) is 2.33. The molecule has 0 spiro atoms. The van der Waals surface area contributed by atoms with Crippen molar-refractivity contribution in [2.75, 3.05) is 5.73 Å². The number of benzene rings is 2. The van der Waals surface area contributed by atoms with Crippen LogP contribution in [0.5, 0.6) is 0 Å². The van der Waals surface area contributed by atoms with E-state index in [1.165, 1.54) is 0 Å². The Labute approximate surface area is 93.2 Å². The molecule has 0 aliphatic carbocycles. The molecule has 0 heterocycles. The number of nitrogen functional groups attached to an aromatic ring is 1. The highest BCUT2D eigenvalue weighted by molar-refractivity contribution is 5.61. The van der Waals surface area contributed by atoms with Crippen LogP contribution in [0.2, 0.25) is 0 Å². The molecular weight excluding hydrogens is 202 g/mol. The van der Waals surface area contributed by atoms with E-state index in [1.807, 2.05) is 6.07 Å². The van der Waals surface area contributed by atoms with E-state index < -0.39 is 0 Å². The Bertz CT molecular complexity index is 509. The average molecular weight is 213 g/mol. The second kappa shape index (κ2) is 4.44. The van der Waals surface area contributed by atoms with Crippen LogP contribution in [0.3, 0.4) is 0 Å². The Kier molecular flexibility index (Phi) is 2.82. The zero-order valence-electron chi connectivity index (χ0n) is 8.58. The van der Waals surface area contributed by atoms with Crippen LogP contribution in [0.1, 0.15) is 0 Å². The number of nitrogens with zero attached hydrogens (tertiary/aromatic N) is 2. The first kappa shape index (κ1) is 10.2. The lowest BCUT2D eigenvalue weighted by molar-refractivity contribution is -0.435. The number of azo groups is 1. The Hall–Kier alpha value is -2.36. The first-order valence-electron chi connectivity index (χ1n) is 4.86. The van der Waals surface area contributed by atoms with Gasteiger partial charge < -0.3 is 10.9 Å². The molecule has 0 saturated heterocycles. The molecule has 0 amide bonds. The molecule has 0 fully saturated rings. The van der Waals surface area contributed by atoms with Crippen LogP contribution >= 0.6 is 0 Å². The van der Waals surface area contributed by atoms with Gasteiger partial charge in [0.2, 0.25) is 5.69 Å². The van der Waals surface area contributed by atoms with Crippen molar-refractivity contribution >= 4 is 17.1 Å². The fourth-order valence-electron chi connectivity index (χ4n) is 1.29. The third-order valence-electron chi connectivity index (χ3n) is 2.11. The van der Waals surface area contributed by atoms with Crippen LogP contribution in [0, 0.1) is 5.21 Å². The predicted molar refractivity (Wildman–Crippen MR) is 62.7 cm³/mol. The maximum absolute atomic E-state index is 11.7. The molecule has 2 rings (SSSR count). The van der Waals surface area contributed by atoms with Gasteiger partial charge in [-0.05, 0) is 12.1 Å². The SMILES string of the molecule is Nc1ccccc1N=[N+]([O-])c1ccccc1. The molecule has 80 valence electrons. The summed E-state index contributed by atoms with van der Waals surface area (Å²) in [6, 6.07) is 15.8. The molecular formula is C12H11N3O. The second-order valence-corrected chi connectivity index (χ2v) is 3.27. The van der Waals surface area contributed by atoms with E-state index in [2.05, 4.69) is 5.11 Å². The number of nitrogens with two attached hydrogens (primary N) is 1. The molecule has 0 aliphatic heterocycles. The first-order chi connectivity index (χ1) is 7.77. The summed E-state index contributed by atoms with van der Waals surface area (Å²) in [4.78, 5) is 0.561. The van der Waals surface area contributed by atoms with Crippen molar-refractivity contribution in [3.8, 4) is 0 Å². The largest absolute Gasteiger partial charge is 0.594 e. The molecule has 0 atom stereocenters. The monoisotopic (exact) mass is 213 g/mol. The summed E-state index contributed by atoms with van der Waals surface area (Å²) in [5, 5.41) is 15.5. The standard InChI is InChI=1S/C12H11N3O/c13-11-8-4-5-9-12(11)14-15(16)10-6-2-1-3-7-10/h1-9H,13H2. The van der Waals surface area contributed by atoms with Crippen molar-refractivity contribution in [3.05, 3.63) is 59.8 Å². The summed E-state index contributed by atoms with van der Waals surface area (Å²) in [5.74, 6) is 0. The Morgan fingerprint density at radius 3 is 2.25 bits per heavy atom. The molecule has 2 aromatic rings. The molecule has 16 heavy (non-hydrogen) atoms. The molecule has 0 bridgehead atoms. The third kappa shape index (κ3) is 2.17. The van der Waals surface area contributed by atoms with Crippen molar-refractivity contribution in [3.63, 3.8) is 0 Å². The van der Waals surface area contributed by atoms with Crippen molar-refractivity contribution in [1.82, 2.24) is 0 Å². The summed E-state index contributed by atoms with van der Waals surface area (Å²) < 4.78 is 0. The maximum atomic E-state index is 11.7. The van der Waals surface area contributed by atoms with Gasteiger partial charge in [-0.3, -0.25) is 0 Å². The van der Waals surface area contributed by atoms with Gasteiger partial charge in [-0.15, -0.1) is 0 Å². The topological polar surface area (TPSA) is 64.4 Å². The summed E-state index contributed by atoms with van der Waals surface area (Å²) in [5.41, 5.74) is 7.12. The minimum absolute atomic E-state index is 0.473. The molecule has 2 N–H and O–H groups in total. The number of rotatable bonds is 2. The zero-order chi connectivity index (χ0) is 11.4. The third-order valence-corrected chi connectivity index (χ3v) is 2.11. The smallest absolute Gasteiger partial charge is 0.244 e. The lowest BCUT2D eigenvalue weighted by Crippen LogP contribution is -1.91. The Morgan fingerprint density at radius 2 is 1.56 bits per heavy atom. The van der Waals surface area contributed by atoms with E-state index in [0.29, 0.717) is 21.9 Å². The quantitative estimate of drug-likeness (QED) is 0.360. The van der Waals surface area contributed by atoms with Gasteiger partial charge >= 0.3 is 0 Å². The Morgan fingerprint density at radius 1 is 0.938 bits per heavy atom. The molecule has 0 aromatic heterocycles. The Balaban J connectivity index is 2.36. The highest BCUT2D eigenvalue weighted by Gasteiger charge is 2.04. The molecule has 4 nitrogen and oxygen atoms in total. The van der Waals surface area contributed by atoms with Gasteiger partial charge in [0, 0.05) is 17.2 Å². The predicted octanol–water partition coefficient (Wildman–Crippen LogP) is 3.19. The molecule has 0 saturated carbocycles. The van der Waals surface area contributed by atoms with Crippen LogP contribution in [0.4, 0.5) is 17.1 Å². The van der Waals surface area contributed by atoms with Crippen LogP contribution in [-0.4, -0.2) is 4.86 Å². The fourth-order valence-corrected chi connectivity index (χ4v) is 1.29.